The van der Waals surface area contributed by atoms with Gasteiger partial charge in [0.25, 0.3) is 11.8 Å². The van der Waals surface area contributed by atoms with Crippen molar-refractivity contribution in [2.45, 2.75) is 18.9 Å². The largest absolute Gasteiger partial charge is 0.485 e. The number of carbonyl (C=O) groups excluding carboxylic acids is 4. The van der Waals surface area contributed by atoms with Crippen LogP contribution in [0.5, 0.6) is 11.5 Å². The first-order valence-corrected chi connectivity index (χ1v) is 11.7. The lowest BCUT2D eigenvalue weighted by Crippen LogP contribution is -2.51. The summed E-state index contributed by atoms with van der Waals surface area (Å²) < 4.78 is 16.1. The molecule has 1 atom stereocenters. The van der Waals surface area contributed by atoms with E-state index in [1.807, 2.05) is 30.3 Å². The Morgan fingerprint density at radius 1 is 0.944 bits per heavy atom. The Balaban J connectivity index is 1.13. The van der Waals surface area contributed by atoms with Crippen LogP contribution in [0.1, 0.15) is 18.4 Å². The molecule has 2 aliphatic rings. The van der Waals surface area contributed by atoms with Crippen molar-refractivity contribution < 1.29 is 33.4 Å². The monoisotopic (exact) mass is 493 g/mol. The topological polar surface area (TPSA) is 123 Å². The van der Waals surface area contributed by atoms with Gasteiger partial charge in [-0.15, -0.1) is 0 Å². The number of piperidine rings is 1. The summed E-state index contributed by atoms with van der Waals surface area (Å²) in [4.78, 5) is 50.7. The number of likely N-dealkylation sites (tertiary alicyclic amines) is 1. The van der Waals surface area contributed by atoms with E-state index in [4.69, 9.17) is 14.2 Å². The van der Waals surface area contributed by atoms with E-state index in [0.717, 1.165) is 5.56 Å². The van der Waals surface area contributed by atoms with Gasteiger partial charge >= 0.3 is 5.97 Å². The highest BCUT2D eigenvalue weighted by Gasteiger charge is 2.29. The Bertz CT molecular complexity index is 1130. The number of ether oxygens (including phenoxy) is 3. The Morgan fingerprint density at radius 3 is 2.39 bits per heavy atom. The lowest BCUT2D eigenvalue weighted by molar-refractivity contribution is -0.155. The lowest BCUT2D eigenvalue weighted by atomic mass is 9.97. The molecule has 10 heteroatoms. The van der Waals surface area contributed by atoms with Crippen LogP contribution in [0.4, 0.5) is 0 Å². The molecule has 10 nitrogen and oxygen atoms in total. The van der Waals surface area contributed by atoms with Crippen LogP contribution in [-0.2, 0) is 23.9 Å². The molecule has 1 unspecified atom stereocenters. The molecule has 2 aromatic rings. The van der Waals surface area contributed by atoms with Crippen molar-refractivity contribution in [3.63, 3.8) is 0 Å². The molecule has 188 valence electrons. The minimum absolute atomic E-state index is 0.00303. The third kappa shape index (κ3) is 6.62. The molecule has 1 saturated heterocycles. The number of fused-ring (bicyclic) bond motifs is 1. The number of para-hydroxylation sites is 2. The molecular weight excluding hydrogens is 466 g/mol. The van der Waals surface area contributed by atoms with Crippen molar-refractivity contribution in [3.05, 3.63) is 66.2 Å². The number of nitrogens with one attached hydrogen (secondary N) is 2. The number of esters is 1. The molecule has 36 heavy (non-hydrogen) atoms. The predicted octanol–water partition coefficient (Wildman–Crippen LogP) is 1.47. The number of rotatable bonds is 6. The van der Waals surface area contributed by atoms with Crippen molar-refractivity contribution in [1.29, 1.82) is 0 Å². The van der Waals surface area contributed by atoms with E-state index in [1.54, 1.807) is 35.2 Å². The maximum atomic E-state index is 12.4. The average molecular weight is 494 g/mol. The number of amides is 3. The molecule has 2 heterocycles. The van der Waals surface area contributed by atoms with Crippen LogP contribution >= 0.6 is 0 Å². The van der Waals surface area contributed by atoms with Crippen LogP contribution in [0.25, 0.3) is 6.08 Å². The van der Waals surface area contributed by atoms with Crippen LogP contribution in [0, 0.1) is 5.92 Å². The summed E-state index contributed by atoms with van der Waals surface area (Å²) in [6.07, 6.45) is 3.24. The van der Waals surface area contributed by atoms with Gasteiger partial charge in [0.05, 0.1) is 5.92 Å². The van der Waals surface area contributed by atoms with E-state index < -0.39 is 36.4 Å². The Morgan fingerprint density at radius 2 is 1.64 bits per heavy atom. The van der Waals surface area contributed by atoms with E-state index in [-0.39, 0.29) is 12.5 Å². The maximum Gasteiger partial charge on any atom is 0.309 e. The summed E-state index contributed by atoms with van der Waals surface area (Å²) in [7, 11) is 0. The maximum absolute atomic E-state index is 12.4. The van der Waals surface area contributed by atoms with E-state index in [9.17, 15) is 19.2 Å². The van der Waals surface area contributed by atoms with Gasteiger partial charge in [0, 0.05) is 19.2 Å². The Kier molecular flexibility index (Phi) is 8.17. The zero-order chi connectivity index (χ0) is 25.3. The first-order chi connectivity index (χ1) is 17.5. The highest BCUT2D eigenvalue weighted by molar-refractivity contribution is 5.92. The quantitative estimate of drug-likeness (QED) is 0.355. The van der Waals surface area contributed by atoms with Crippen LogP contribution < -0.4 is 20.3 Å². The van der Waals surface area contributed by atoms with E-state index in [0.29, 0.717) is 37.4 Å². The second-order valence-electron chi connectivity index (χ2n) is 8.35. The molecule has 0 radical (unpaired) electrons. The van der Waals surface area contributed by atoms with Crippen molar-refractivity contribution in [2.24, 2.45) is 5.92 Å². The summed E-state index contributed by atoms with van der Waals surface area (Å²) >= 11 is 0. The van der Waals surface area contributed by atoms with Gasteiger partial charge in [0.1, 0.15) is 6.61 Å². The highest BCUT2D eigenvalue weighted by Crippen LogP contribution is 2.30. The van der Waals surface area contributed by atoms with Crippen LogP contribution in [0.15, 0.2) is 60.7 Å². The third-order valence-electron chi connectivity index (χ3n) is 5.83. The Hall–Kier alpha value is -4.34. The van der Waals surface area contributed by atoms with Crippen LogP contribution in [0.2, 0.25) is 0 Å². The number of carbonyl (C=O) groups is 4. The van der Waals surface area contributed by atoms with Gasteiger partial charge in [0.2, 0.25) is 12.0 Å². The first kappa shape index (κ1) is 24.8. The van der Waals surface area contributed by atoms with E-state index >= 15 is 0 Å². The molecule has 2 aliphatic heterocycles. The molecule has 1 fully saturated rings. The molecule has 0 bridgehead atoms. The molecule has 2 N–H and O–H groups in total. The van der Waals surface area contributed by atoms with Crippen molar-refractivity contribution in [1.82, 2.24) is 15.8 Å². The SMILES string of the molecule is O=C(COC(=O)C1CCN(C(=O)/C=C/c2ccccc2)CC1)NNC(=O)C1COc2ccccc2O1. The third-order valence-corrected chi connectivity index (χ3v) is 5.83. The predicted molar refractivity (Wildman–Crippen MR) is 128 cm³/mol. The van der Waals surface area contributed by atoms with Crippen LogP contribution in [0.3, 0.4) is 0 Å². The zero-order valence-corrected chi connectivity index (χ0v) is 19.6. The summed E-state index contributed by atoms with van der Waals surface area (Å²) in [5, 5.41) is 0. The highest BCUT2D eigenvalue weighted by atomic mass is 16.6. The number of nitrogens with zero attached hydrogens (tertiary/aromatic N) is 1. The average Bonchev–Trinajstić information content (AvgIpc) is 2.93. The minimum Gasteiger partial charge on any atom is -0.485 e. The van der Waals surface area contributed by atoms with Crippen molar-refractivity contribution in [3.8, 4) is 11.5 Å². The van der Waals surface area contributed by atoms with Gasteiger partial charge in [0.15, 0.2) is 18.1 Å². The van der Waals surface area contributed by atoms with Gasteiger partial charge in [-0.3, -0.25) is 30.0 Å². The number of hydrogen-bond donors (Lipinski definition) is 2. The second kappa shape index (κ2) is 11.9. The molecule has 0 aliphatic carbocycles. The lowest BCUT2D eigenvalue weighted by Gasteiger charge is -2.30. The zero-order valence-electron chi connectivity index (χ0n) is 19.6. The number of benzene rings is 2. The fourth-order valence-corrected chi connectivity index (χ4v) is 3.82. The fourth-order valence-electron chi connectivity index (χ4n) is 3.82. The smallest absolute Gasteiger partial charge is 0.309 e. The van der Waals surface area contributed by atoms with Gasteiger partial charge in [-0.05, 0) is 36.6 Å². The summed E-state index contributed by atoms with van der Waals surface area (Å²) in [5.74, 6) is -1.33. The van der Waals surface area contributed by atoms with Gasteiger partial charge in [-0.25, -0.2) is 0 Å². The number of hydrogen-bond acceptors (Lipinski definition) is 7. The molecule has 0 saturated carbocycles. The molecule has 0 spiro atoms. The normalized spacial score (nSPS) is 17.3. The van der Waals surface area contributed by atoms with Crippen molar-refractivity contribution in [2.75, 3.05) is 26.3 Å². The summed E-state index contributed by atoms with van der Waals surface area (Å²) in [6, 6.07) is 16.5. The molecule has 4 rings (SSSR count). The van der Waals surface area contributed by atoms with Crippen molar-refractivity contribution >= 4 is 29.8 Å². The first-order valence-electron chi connectivity index (χ1n) is 11.7. The van der Waals surface area contributed by atoms with Crippen LogP contribution in [-0.4, -0.2) is 61.0 Å². The molecule has 2 aromatic carbocycles. The van der Waals surface area contributed by atoms with Gasteiger partial charge < -0.3 is 19.1 Å². The van der Waals surface area contributed by atoms with E-state index in [2.05, 4.69) is 10.9 Å². The summed E-state index contributed by atoms with van der Waals surface area (Å²) in [5.41, 5.74) is 5.38. The van der Waals surface area contributed by atoms with Gasteiger partial charge in [-0.1, -0.05) is 42.5 Å². The molecule has 3 amide bonds. The molecule has 0 aromatic heterocycles. The van der Waals surface area contributed by atoms with E-state index in [1.165, 1.54) is 6.08 Å². The minimum atomic E-state index is -0.932. The summed E-state index contributed by atoms with van der Waals surface area (Å²) in [6.45, 7) is 0.305. The molecular formula is C26H27N3O7. The standard InChI is InChI=1S/C26H27N3O7/c30-23(27-28-25(32)22-16-34-20-8-4-5-9-21(20)36-22)17-35-26(33)19-12-14-29(15-13-19)24(31)11-10-18-6-2-1-3-7-18/h1-11,19,22H,12-17H2,(H,27,30)(H,28,32)/b11-10+. The second-order valence-corrected chi connectivity index (χ2v) is 8.35. The Labute approximate surface area is 208 Å². The number of hydrazine groups is 1. The fraction of sp³-hybridized carbons (Fsp3) is 0.308. The van der Waals surface area contributed by atoms with Gasteiger partial charge in [-0.2, -0.15) is 0 Å².